The Bertz CT molecular complexity index is 1020. The van der Waals surface area contributed by atoms with Crippen molar-refractivity contribution in [2.24, 2.45) is 0 Å². The number of benzene rings is 2. The second-order valence-electron chi connectivity index (χ2n) is 7.41. The Morgan fingerprint density at radius 3 is 2.45 bits per heavy atom. The third-order valence-electron chi connectivity index (χ3n) is 5.24. The van der Waals surface area contributed by atoms with E-state index >= 15 is 0 Å². The molecule has 0 aliphatic rings. The van der Waals surface area contributed by atoms with Crippen LogP contribution >= 0.6 is 12.2 Å². The van der Waals surface area contributed by atoms with Crippen LogP contribution in [0, 0.1) is 13.8 Å². The maximum atomic E-state index is 5.78. The molecule has 0 saturated carbocycles. The highest BCUT2D eigenvalue weighted by molar-refractivity contribution is 7.80. The van der Waals surface area contributed by atoms with Crippen molar-refractivity contribution >= 4 is 23.0 Å². The topological polar surface area (TPSA) is 46.6 Å². The van der Waals surface area contributed by atoms with Crippen molar-refractivity contribution in [3.63, 3.8) is 0 Å². The number of ether oxygens (including phenoxy) is 2. The number of aromatic nitrogens is 1. The molecule has 0 saturated heterocycles. The minimum absolute atomic E-state index is 0.630. The molecule has 3 rings (SSSR count). The Hall–Kier alpha value is -3.12. The fourth-order valence-corrected chi connectivity index (χ4v) is 3.54. The molecule has 3 aromatic rings. The number of nitrogens with one attached hydrogen (secondary N) is 1. The van der Waals surface area contributed by atoms with Crippen molar-refractivity contribution in [1.29, 1.82) is 0 Å². The average Bonchev–Trinajstić information content (AvgIpc) is 2.79. The Labute approximate surface area is 190 Å². The first kappa shape index (κ1) is 22.6. The molecular weight excluding hydrogens is 406 g/mol. The van der Waals surface area contributed by atoms with Gasteiger partial charge in [0.05, 0.1) is 26.5 Å². The van der Waals surface area contributed by atoms with Gasteiger partial charge in [-0.3, -0.25) is 4.98 Å². The van der Waals surface area contributed by atoms with Crippen LogP contribution in [0.2, 0.25) is 0 Å². The summed E-state index contributed by atoms with van der Waals surface area (Å²) in [5.41, 5.74) is 5.60. The highest BCUT2D eigenvalue weighted by Gasteiger charge is 2.13. The fraction of sp³-hybridized carbons (Fsp3) is 0.280. The smallest absolute Gasteiger partial charge is 0.173 e. The predicted molar refractivity (Wildman–Crippen MR) is 130 cm³/mol. The number of pyridine rings is 1. The first-order valence-corrected chi connectivity index (χ1v) is 10.6. The number of hydrogen-bond acceptors (Lipinski definition) is 4. The monoisotopic (exact) mass is 435 g/mol. The summed E-state index contributed by atoms with van der Waals surface area (Å²) in [6.07, 6.45) is 2.61. The second-order valence-corrected chi connectivity index (χ2v) is 7.80. The van der Waals surface area contributed by atoms with E-state index in [0.717, 1.165) is 41.4 Å². The first-order chi connectivity index (χ1) is 15.0. The summed E-state index contributed by atoms with van der Waals surface area (Å²) < 4.78 is 10.8. The van der Waals surface area contributed by atoms with Crippen LogP contribution in [0.1, 0.15) is 22.4 Å². The van der Waals surface area contributed by atoms with Gasteiger partial charge in [-0.1, -0.05) is 18.2 Å². The Balaban J connectivity index is 1.75. The molecular formula is C25H29N3O2S. The fourth-order valence-electron chi connectivity index (χ4n) is 3.26. The lowest BCUT2D eigenvalue weighted by atomic mass is 10.1. The summed E-state index contributed by atoms with van der Waals surface area (Å²) in [5, 5.41) is 4.07. The minimum atomic E-state index is 0.630. The number of thiocarbonyl (C=S) groups is 1. The lowest BCUT2D eigenvalue weighted by Gasteiger charge is -2.26. The van der Waals surface area contributed by atoms with E-state index in [9.17, 15) is 0 Å². The Kier molecular flexibility index (Phi) is 7.84. The molecule has 1 aromatic heterocycles. The van der Waals surface area contributed by atoms with Crippen molar-refractivity contribution in [2.75, 3.05) is 26.1 Å². The van der Waals surface area contributed by atoms with E-state index in [0.29, 0.717) is 11.7 Å². The van der Waals surface area contributed by atoms with E-state index in [-0.39, 0.29) is 0 Å². The van der Waals surface area contributed by atoms with Crippen LogP contribution in [0.15, 0.2) is 60.8 Å². The molecule has 0 unspecified atom stereocenters. The molecule has 0 aliphatic heterocycles. The van der Waals surface area contributed by atoms with Gasteiger partial charge in [0.15, 0.2) is 16.6 Å². The van der Waals surface area contributed by atoms with Gasteiger partial charge in [0.1, 0.15) is 0 Å². The number of hydrogen-bond donors (Lipinski definition) is 1. The van der Waals surface area contributed by atoms with Crippen LogP contribution in [0.5, 0.6) is 11.5 Å². The molecule has 1 N–H and O–H groups in total. The number of nitrogens with zero attached hydrogens (tertiary/aromatic N) is 2. The van der Waals surface area contributed by atoms with Crippen LogP contribution in [-0.4, -0.2) is 35.8 Å². The van der Waals surface area contributed by atoms with Gasteiger partial charge < -0.3 is 19.7 Å². The molecule has 31 heavy (non-hydrogen) atoms. The zero-order valence-electron chi connectivity index (χ0n) is 18.5. The van der Waals surface area contributed by atoms with Gasteiger partial charge in [-0.25, -0.2) is 0 Å². The van der Waals surface area contributed by atoms with Gasteiger partial charge in [-0.15, -0.1) is 0 Å². The molecule has 162 valence electrons. The first-order valence-electron chi connectivity index (χ1n) is 10.2. The number of aryl methyl sites for hydroxylation is 2. The van der Waals surface area contributed by atoms with Crippen LogP contribution < -0.4 is 14.8 Å². The van der Waals surface area contributed by atoms with Crippen molar-refractivity contribution < 1.29 is 9.47 Å². The van der Waals surface area contributed by atoms with Gasteiger partial charge in [0.2, 0.25) is 0 Å². The Morgan fingerprint density at radius 1 is 0.968 bits per heavy atom. The van der Waals surface area contributed by atoms with E-state index in [1.54, 1.807) is 14.2 Å². The molecule has 1 heterocycles. The van der Waals surface area contributed by atoms with Gasteiger partial charge in [0, 0.05) is 18.4 Å². The largest absolute Gasteiger partial charge is 0.493 e. The minimum Gasteiger partial charge on any atom is -0.493 e. The third-order valence-corrected chi connectivity index (χ3v) is 5.60. The van der Waals surface area contributed by atoms with E-state index in [2.05, 4.69) is 53.3 Å². The van der Waals surface area contributed by atoms with Gasteiger partial charge in [-0.2, -0.15) is 0 Å². The lowest BCUT2D eigenvalue weighted by Crippen LogP contribution is -2.36. The van der Waals surface area contributed by atoms with Crippen molar-refractivity contribution in [3.8, 4) is 11.5 Å². The molecule has 0 spiro atoms. The molecule has 0 fully saturated rings. The van der Waals surface area contributed by atoms with E-state index in [4.69, 9.17) is 21.7 Å². The molecule has 0 bridgehead atoms. The van der Waals surface area contributed by atoms with Crippen LogP contribution in [0.3, 0.4) is 0 Å². The highest BCUT2D eigenvalue weighted by Crippen LogP contribution is 2.28. The molecule has 0 amide bonds. The van der Waals surface area contributed by atoms with Crippen LogP contribution in [0.25, 0.3) is 0 Å². The maximum absolute atomic E-state index is 5.78. The van der Waals surface area contributed by atoms with Crippen LogP contribution in [-0.2, 0) is 13.0 Å². The Morgan fingerprint density at radius 2 is 1.77 bits per heavy atom. The summed E-state index contributed by atoms with van der Waals surface area (Å²) in [6.45, 7) is 5.58. The van der Waals surface area contributed by atoms with Gasteiger partial charge in [0.25, 0.3) is 0 Å². The SMILES string of the molecule is COc1ccc(CCN(Cc2ccccn2)C(=S)Nc2ccc(C)c(C)c2)cc1OC. The van der Waals surface area contributed by atoms with Gasteiger partial charge >= 0.3 is 0 Å². The molecule has 2 aromatic carbocycles. The molecule has 0 radical (unpaired) electrons. The van der Waals surface area contributed by atoms with Crippen molar-refractivity contribution in [2.45, 2.75) is 26.8 Å². The summed E-state index contributed by atoms with van der Waals surface area (Å²) in [4.78, 5) is 6.62. The molecule has 0 atom stereocenters. The van der Waals surface area contributed by atoms with E-state index < -0.39 is 0 Å². The zero-order valence-corrected chi connectivity index (χ0v) is 19.3. The highest BCUT2D eigenvalue weighted by atomic mass is 32.1. The zero-order chi connectivity index (χ0) is 22.2. The summed E-state index contributed by atoms with van der Waals surface area (Å²) in [7, 11) is 3.29. The van der Waals surface area contributed by atoms with E-state index in [1.165, 1.54) is 11.1 Å². The average molecular weight is 436 g/mol. The lowest BCUT2D eigenvalue weighted by molar-refractivity contribution is 0.354. The molecule has 0 aliphatic carbocycles. The number of rotatable bonds is 8. The molecule has 5 nitrogen and oxygen atoms in total. The quantitative estimate of drug-likeness (QED) is 0.493. The van der Waals surface area contributed by atoms with Crippen molar-refractivity contribution in [3.05, 3.63) is 83.2 Å². The summed E-state index contributed by atoms with van der Waals surface area (Å²) in [6, 6.07) is 18.2. The maximum Gasteiger partial charge on any atom is 0.173 e. The second kappa shape index (κ2) is 10.8. The van der Waals surface area contributed by atoms with Crippen molar-refractivity contribution in [1.82, 2.24) is 9.88 Å². The molecule has 6 heteroatoms. The standard InChI is InChI=1S/C25H29N3O2S/c1-18-8-10-21(15-19(18)2)27-25(31)28(17-22-7-5-6-13-26-22)14-12-20-9-11-23(29-3)24(16-20)30-4/h5-11,13,15-16H,12,14,17H2,1-4H3,(H,27,31). The summed E-state index contributed by atoms with van der Waals surface area (Å²) in [5.74, 6) is 1.45. The van der Waals surface area contributed by atoms with Gasteiger partial charge in [-0.05, 0) is 85.6 Å². The normalized spacial score (nSPS) is 10.5. The van der Waals surface area contributed by atoms with E-state index in [1.807, 2.05) is 36.5 Å². The summed E-state index contributed by atoms with van der Waals surface area (Å²) >= 11 is 5.78. The number of methoxy groups -OCH3 is 2. The number of anilines is 1. The van der Waals surface area contributed by atoms with Crippen LogP contribution in [0.4, 0.5) is 5.69 Å². The third kappa shape index (κ3) is 6.18. The predicted octanol–water partition coefficient (Wildman–Crippen LogP) is 5.16.